The Morgan fingerprint density at radius 1 is 1.42 bits per heavy atom. The molecule has 1 aromatic heterocycles. The van der Waals surface area contributed by atoms with Crippen LogP contribution >= 0.6 is 0 Å². The Balaban J connectivity index is 1.69. The first-order valence-electron chi connectivity index (χ1n) is 7.75. The van der Waals surface area contributed by atoms with Gasteiger partial charge in [0.25, 0.3) is 0 Å². The molecule has 3 rings (SSSR count). The van der Waals surface area contributed by atoms with Crippen molar-refractivity contribution >= 4 is 5.91 Å². The highest BCUT2D eigenvalue weighted by molar-refractivity contribution is 5.86. The van der Waals surface area contributed by atoms with Crippen molar-refractivity contribution in [2.24, 2.45) is 5.73 Å². The van der Waals surface area contributed by atoms with Gasteiger partial charge in [0.1, 0.15) is 11.9 Å². The van der Waals surface area contributed by atoms with Crippen molar-refractivity contribution < 1.29 is 18.4 Å². The van der Waals surface area contributed by atoms with E-state index >= 15 is 0 Å². The molecule has 1 amide bonds. The van der Waals surface area contributed by atoms with Crippen LogP contribution in [0.15, 0.2) is 28.8 Å². The van der Waals surface area contributed by atoms with Crippen LogP contribution in [0.5, 0.6) is 0 Å². The third-order valence-corrected chi connectivity index (χ3v) is 4.08. The molecule has 1 saturated heterocycles. The molecule has 2 aromatic rings. The van der Waals surface area contributed by atoms with E-state index in [1.807, 2.05) is 0 Å². The fourth-order valence-corrected chi connectivity index (χ4v) is 2.52. The molecule has 1 fully saturated rings. The number of ether oxygens (including phenoxy) is 1. The number of amides is 1. The van der Waals surface area contributed by atoms with Crippen molar-refractivity contribution in [1.29, 1.82) is 0 Å². The largest absolute Gasteiger partial charge is 0.381 e. The van der Waals surface area contributed by atoms with E-state index < -0.39 is 11.6 Å². The maximum Gasteiger partial charge on any atom is 0.249 e. The quantitative estimate of drug-likeness (QED) is 0.879. The van der Waals surface area contributed by atoms with Gasteiger partial charge >= 0.3 is 0 Å². The lowest BCUT2D eigenvalue weighted by Crippen LogP contribution is -2.57. The summed E-state index contributed by atoms with van der Waals surface area (Å²) in [6, 6.07) is 5.39. The van der Waals surface area contributed by atoms with Gasteiger partial charge < -0.3 is 20.3 Å². The van der Waals surface area contributed by atoms with Crippen molar-refractivity contribution in [3.05, 3.63) is 36.0 Å². The molecule has 0 radical (unpaired) electrons. The average Bonchev–Trinajstić information content (AvgIpc) is 3.05. The average molecular weight is 334 g/mol. The number of hydrogen-bond acceptors (Lipinski definition) is 6. The van der Waals surface area contributed by atoms with E-state index in [9.17, 15) is 9.18 Å². The van der Waals surface area contributed by atoms with Gasteiger partial charge in [-0.1, -0.05) is 17.3 Å². The van der Waals surface area contributed by atoms with Crippen LogP contribution in [0, 0.1) is 5.82 Å². The van der Waals surface area contributed by atoms with Crippen LogP contribution in [0.2, 0.25) is 0 Å². The smallest absolute Gasteiger partial charge is 0.249 e. The summed E-state index contributed by atoms with van der Waals surface area (Å²) in [7, 11) is 0. The van der Waals surface area contributed by atoms with Crippen LogP contribution in [0.1, 0.15) is 31.7 Å². The van der Waals surface area contributed by atoms with E-state index in [2.05, 4.69) is 15.5 Å². The number of carbonyl (C=O) groups is 1. The van der Waals surface area contributed by atoms with Crippen LogP contribution in [0.3, 0.4) is 0 Å². The molecule has 0 saturated carbocycles. The number of nitrogens with zero attached hydrogens (tertiary/aromatic N) is 2. The molecule has 24 heavy (non-hydrogen) atoms. The minimum Gasteiger partial charge on any atom is -0.381 e. The van der Waals surface area contributed by atoms with Gasteiger partial charge in [0, 0.05) is 18.8 Å². The Kier molecular flexibility index (Phi) is 4.59. The van der Waals surface area contributed by atoms with Crippen molar-refractivity contribution in [3.8, 4) is 11.4 Å². The standard InChI is InChI=1S/C16H19FN4O3/c1-10(19-15(22)16(18)5-7-23-8-6-16)14-20-13(21-24-14)11-3-2-4-12(17)9-11/h2-4,9-10H,5-8,18H2,1H3,(H,19,22). The van der Waals surface area contributed by atoms with E-state index in [4.69, 9.17) is 15.0 Å². The number of halogens is 1. The molecule has 2 heterocycles. The summed E-state index contributed by atoms with van der Waals surface area (Å²) in [5, 5.41) is 6.62. The zero-order valence-electron chi connectivity index (χ0n) is 13.3. The van der Waals surface area contributed by atoms with Crippen LogP contribution in [-0.2, 0) is 9.53 Å². The van der Waals surface area contributed by atoms with E-state index in [1.54, 1.807) is 19.1 Å². The number of rotatable bonds is 4. The first-order chi connectivity index (χ1) is 11.5. The number of hydrogen-bond donors (Lipinski definition) is 2. The number of nitrogens with two attached hydrogens (primary N) is 1. The molecule has 1 aliphatic rings. The number of aromatic nitrogens is 2. The third kappa shape index (κ3) is 3.44. The van der Waals surface area contributed by atoms with Gasteiger partial charge in [-0.05, 0) is 31.9 Å². The summed E-state index contributed by atoms with van der Waals surface area (Å²) < 4.78 is 23.7. The van der Waals surface area contributed by atoms with Crippen LogP contribution in [-0.4, -0.2) is 34.8 Å². The second-order valence-corrected chi connectivity index (χ2v) is 5.93. The number of benzene rings is 1. The molecule has 7 nitrogen and oxygen atoms in total. The topological polar surface area (TPSA) is 103 Å². The molecule has 1 atom stereocenters. The van der Waals surface area contributed by atoms with Crippen molar-refractivity contribution in [1.82, 2.24) is 15.5 Å². The van der Waals surface area contributed by atoms with E-state index in [0.717, 1.165) is 0 Å². The monoisotopic (exact) mass is 334 g/mol. The van der Waals surface area contributed by atoms with Crippen LogP contribution in [0.4, 0.5) is 4.39 Å². The highest BCUT2D eigenvalue weighted by Gasteiger charge is 2.37. The molecule has 8 heteroatoms. The highest BCUT2D eigenvalue weighted by Crippen LogP contribution is 2.22. The predicted molar refractivity (Wildman–Crippen MR) is 83.2 cm³/mol. The van der Waals surface area contributed by atoms with E-state index in [0.29, 0.717) is 31.6 Å². The molecular formula is C16H19FN4O3. The SMILES string of the molecule is CC(NC(=O)C1(N)CCOCC1)c1nc(-c2cccc(F)c2)no1. The van der Waals surface area contributed by atoms with Gasteiger partial charge in [-0.25, -0.2) is 4.39 Å². The van der Waals surface area contributed by atoms with Gasteiger partial charge in [-0.2, -0.15) is 4.98 Å². The Bertz CT molecular complexity index is 728. The molecule has 0 spiro atoms. The summed E-state index contributed by atoms with van der Waals surface area (Å²) in [5.74, 6) is -0.161. The molecule has 3 N–H and O–H groups in total. The third-order valence-electron chi connectivity index (χ3n) is 4.08. The summed E-state index contributed by atoms with van der Waals surface area (Å²) in [4.78, 5) is 16.6. The van der Waals surface area contributed by atoms with Crippen molar-refractivity contribution in [2.45, 2.75) is 31.3 Å². The van der Waals surface area contributed by atoms with Gasteiger partial charge in [0.2, 0.25) is 17.6 Å². The Hall–Kier alpha value is -2.32. The van der Waals surface area contributed by atoms with Gasteiger partial charge in [-0.15, -0.1) is 0 Å². The number of carbonyl (C=O) groups excluding carboxylic acids is 1. The van der Waals surface area contributed by atoms with E-state index in [1.165, 1.54) is 12.1 Å². The molecule has 1 aromatic carbocycles. The maximum absolute atomic E-state index is 13.3. The molecule has 1 aliphatic heterocycles. The minimum absolute atomic E-state index is 0.235. The van der Waals surface area contributed by atoms with Crippen molar-refractivity contribution in [3.63, 3.8) is 0 Å². The molecule has 128 valence electrons. The lowest BCUT2D eigenvalue weighted by atomic mass is 9.90. The molecular weight excluding hydrogens is 315 g/mol. The van der Waals surface area contributed by atoms with Crippen LogP contribution in [0.25, 0.3) is 11.4 Å². The molecule has 0 bridgehead atoms. The van der Waals surface area contributed by atoms with Gasteiger partial charge in [0.15, 0.2) is 0 Å². The lowest BCUT2D eigenvalue weighted by molar-refractivity contribution is -0.130. The Morgan fingerprint density at radius 3 is 2.88 bits per heavy atom. The maximum atomic E-state index is 13.3. The zero-order valence-corrected chi connectivity index (χ0v) is 13.3. The summed E-state index contributed by atoms with van der Waals surface area (Å²) in [6.07, 6.45) is 0.924. The first-order valence-corrected chi connectivity index (χ1v) is 7.75. The summed E-state index contributed by atoms with van der Waals surface area (Å²) >= 11 is 0. The molecule has 0 aliphatic carbocycles. The Morgan fingerprint density at radius 2 is 2.17 bits per heavy atom. The normalized spacial score (nSPS) is 18.1. The fraction of sp³-hybridized carbons (Fsp3) is 0.438. The Labute approximate surface area is 138 Å². The van der Waals surface area contributed by atoms with Gasteiger partial charge in [-0.3, -0.25) is 4.79 Å². The first kappa shape index (κ1) is 16.5. The summed E-state index contributed by atoms with van der Waals surface area (Å²) in [5.41, 5.74) is 5.70. The second kappa shape index (κ2) is 6.66. The van der Waals surface area contributed by atoms with Gasteiger partial charge in [0.05, 0.1) is 5.54 Å². The summed E-state index contributed by atoms with van der Waals surface area (Å²) in [6.45, 7) is 2.65. The van der Waals surface area contributed by atoms with E-state index in [-0.39, 0.29) is 23.4 Å². The fourth-order valence-electron chi connectivity index (χ4n) is 2.52. The van der Waals surface area contributed by atoms with Crippen molar-refractivity contribution in [2.75, 3.05) is 13.2 Å². The zero-order chi connectivity index (χ0) is 17.2. The molecule has 1 unspecified atom stereocenters. The number of nitrogens with one attached hydrogen (secondary N) is 1. The van der Waals surface area contributed by atoms with Crippen LogP contribution < -0.4 is 11.1 Å². The minimum atomic E-state index is -0.947. The predicted octanol–water partition coefficient (Wildman–Crippen LogP) is 1.56. The second-order valence-electron chi connectivity index (χ2n) is 5.93. The highest BCUT2D eigenvalue weighted by atomic mass is 19.1. The lowest BCUT2D eigenvalue weighted by Gasteiger charge is -2.32.